The van der Waals surface area contributed by atoms with Crippen LogP contribution in [0.25, 0.3) is 10.2 Å². The van der Waals surface area contributed by atoms with E-state index in [0.717, 1.165) is 41.1 Å². The number of thiophene rings is 1. The molecule has 28 heavy (non-hydrogen) atoms. The van der Waals surface area contributed by atoms with Crippen molar-refractivity contribution in [1.29, 1.82) is 0 Å². The number of rotatable bonds is 4. The largest absolute Gasteiger partial charge is 0.309 e. The summed E-state index contributed by atoms with van der Waals surface area (Å²) < 4.78 is 27.2. The molecule has 1 aliphatic rings. The first-order valence-corrected chi connectivity index (χ1v) is 10.4. The molecule has 0 spiro atoms. The third-order valence-electron chi connectivity index (χ3n) is 5.52. The number of aryl methyl sites for hydroxylation is 1. The van der Waals surface area contributed by atoms with Gasteiger partial charge in [-0.15, -0.1) is 11.3 Å². The van der Waals surface area contributed by atoms with Crippen molar-refractivity contribution in [1.82, 2.24) is 15.3 Å². The van der Waals surface area contributed by atoms with Crippen molar-refractivity contribution in [3.8, 4) is 0 Å². The molecule has 7 heteroatoms. The summed E-state index contributed by atoms with van der Waals surface area (Å²) >= 11 is 1.61. The number of aromatic nitrogens is 2. The summed E-state index contributed by atoms with van der Waals surface area (Å²) in [6, 6.07) is 2.89. The predicted octanol–water partition coefficient (Wildman–Crippen LogP) is 4.80. The van der Waals surface area contributed by atoms with Crippen LogP contribution >= 0.6 is 11.3 Å². The van der Waals surface area contributed by atoms with Gasteiger partial charge in [-0.25, -0.2) is 13.8 Å². The number of hydrogen-bond donors (Lipinski definition) is 2. The number of nitrogens with zero attached hydrogens (tertiary/aromatic N) is 1. The van der Waals surface area contributed by atoms with Gasteiger partial charge in [0.05, 0.1) is 11.4 Å². The number of fused-ring (bicyclic) bond motifs is 3. The Morgan fingerprint density at radius 3 is 2.82 bits per heavy atom. The van der Waals surface area contributed by atoms with Crippen molar-refractivity contribution in [3.63, 3.8) is 0 Å². The van der Waals surface area contributed by atoms with Gasteiger partial charge >= 0.3 is 0 Å². The summed E-state index contributed by atoms with van der Waals surface area (Å²) in [5, 5.41) is 3.97. The van der Waals surface area contributed by atoms with Crippen LogP contribution in [-0.4, -0.2) is 9.97 Å². The number of benzene rings is 1. The smallest absolute Gasteiger partial charge is 0.259 e. The topological polar surface area (TPSA) is 57.8 Å². The lowest BCUT2D eigenvalue weighted by atomic mass is 9.89. The van der Waals surface area contributed by atoms with Crippen LogP contribution in [0.5, 0.6) is 0 Å². The lowest BCUT2D eigenvalue weighted by molar-refractivity contribution is 0.457. The Kier molecular flexibility index (Phi) is 5.05. The highest BCUT2D eigenvalue weighted by Crippen LogP contribution is 2.36. The molecule has 0 unspecified atom stereocenters. The van der Waals surface area contributed by atoms with E-state index in [1.54, 1.807) is 18.3 Å². The molecule has 2 heterocycles. The second-order valence-electron chi connectivity index (χ2n) is 7.76. The molecule has 0 radical (unpaired) electrons. The Labute approximate surface area is 166 Å². The van der Waals surface area contributed by atoms with Gasteiger partial charge in [-0.1, -0.05) is 13.0 Å². The maximum Gasteiger partial charge on any atom is 0.259 e. The lowest BCUT2D eigenvalue weighted by Crippen LogP contribution is -2.26. The molecule has 4 nitrogen and oxygen atoms in total. The summed E-state index contributed by atoms with van der Waals surface area (Å²) in [4.78, 5) is 22.4. The molecule has 0 saturated heterocycles. The number of aromatic amines is 1. The van der Waals surface area contributed by atoms with E-state index in [-0.39, 0.29) is 17.6 Å². The van der Waals surface area contributed by atoms with E-state index < -0.39 is 11.6 Å². The normalized spacial score (nSPS) is 18.8. The number of halogens is 2. The fraction of sp³-hybridized carbons (Fsp3) is 0.429. The average Bonchev–Trinajstić information content (AvgIpc) is 2.99. The van der Waals surface area contributed by atoms with Gasteiger partial charge in [0, 0.05) is 22.5 Å². The Balaban J connectivity index is 1.62. The van der Waals surface area contributed by atoms with E-state index in [4.69, 9.17) is 4.98 Å². The first-order valence-electron chi connectivity index (χ1n) is 9.59. The molecule has 1 aliphatic carbocycles. The quantitative estimate of drug-likeness (QED) is 0.658. The van der Waals surface area contributed by atoms with Crippen LogP contribution in [0, 0.1) is 17.6 Å². The molecule has 3 aromatic rings. The van der Waals surface area contributed by atoms with Gasteiger partial charge in [-0.2, -0.15) is 0 Å². The number of nitrogens with one attached hydrogen (secondary N) is 2. The monoisotopic (exact) mass is 403 g/mol. The molecule has 0 saturated carbocycles. The minimum atomic E-state index is -0.603. The number of H-pyrrole nitrogens is 1. The standard InChI is InChI=1S/C21H23F2N3OS/c1-10-4-6-15-17(8-10)28-21-18(15)20(27)25-19(26-21)12(3)24-11(2)14-7-5-13(22)9-16(14)23/h5,7,9-12,24H,4,6,8H2,1-3H3,(H,25,26,27)/t10-,11-,12-/m0/s1. The second kappa shape index (κ2) is 7.37. The first-order chi connectivity index (χ1) is 13.3. The van der Waals surface area contributed by atoms with E-state index in [0.29, 0.717) is 17.3 Å². The van der Waals surface area contributed by atoms with Crippen LogP contribution in [0.15, 0.2) is 23.0 Å². The van der Waals surface area contributed by atoms with Gasteiger partial charge in [0.15, 0.2) is 0 Å². The van der Waals surface area contributed by atoms with Crippen LogP contribution in [0.3, 0.4) is 0 Å². The van der Waals surface area contributed by atoms with E-state index in [2.05, 4.69) is 17.2 Å². The summed E-state index contributed by atoms with van der Waals surface area (Å²) in [5.41, 5.74) is 1.42. The van der Waals surface area contributed by atoms with Gasteiger partial charge in [0.25, 0.3) is 5.56 Å². The minimum absolute atomic E-state index is 0.110. The Hall–Kier alpha value is -2.12. The summed E-state index contributed by atoms with van der Waals surface area (Å²) in [5.74, 6) is -0.0391. The van der Waals surface area contributed by atoms with Crippen molar-refractivity contribution in [2.45, 2.75) is 52.1 Å². The Bertz CT molecular complexity index is 1090. The maximum absolute atomic E-state index is 14.0. The average molecular weight is 403 g/mol. The molecule has 0 aliphatic heterocycles. The highest BCUT2D eigenvalue weighted by Gasteiger charge is 2.24. The molecule has 4 rings (SSSR count). The molecule has 0 fully saturated rings. The zero-order chi connectivity index (χ0) is 20.0. The lowest BCUT2D eigenvalue weighted by Gasteiger charge is -2.20. The fourth-order valence-corrected chi connectivity index (χ4v) is 5.36. The van der Waals surface area contributed by atoms with Crippen LogP contribution in [0.2, 0.25) is 0 Å². The van der Waals surface area contributed by atoms with Crippen molar-refractivity contribution in [2.24, 2.45) is 5.92 Å². The van der Waals surface area contributed by atoms with Gasteiger partial charge in [0.1, 0.15) is 22.3 Å². The van der Waals surface area contributed by atoms with E-state index >= 15 is 0 Å². The van der Waals surface area contributed by atoms with Crippen LogP contribution in [0.1, 0.15) is 61.1 Å². The van der Waals surface area contributed by atoms with Gasteiger partial charge in [-0.3, -0.25) is 4.79 Å². The minimum Gasteiger partial charge on any atom is -0.309 e. The molecular weight excluding hydrogens is 380 g/mol. The molecule has 2 aromatic heterocycles. The highest BCUT2D eigenvalue weighted by atomic mass is 32.1. The molecule has 1 aromatic carbocycles. The van der Waals surface area contributed by atoms with Crippen LogP contribution in [0.4, 0.5) is 8.78 Å². The van der Waals surface area contributed by atoms with E-state index in [1.807, 2.05) is 6.92 Å². The van der Waals surface area contributed by atoms with E-state index in [1.165, 1.54) is 17.0 Å². The van der Waals surface area contributed by atoms with Crippen molar-refractivity contribution >= 4 is 21.6 Å². The zero-order valence-electron chi connectivity index (χ0n) is 16.1. The summed E-state index contributed by atoms with van der Waals surface area (Å²) in [6.07, 6.45) is 3.02. The Morgan fingerprint density at radius 1 is 1.29 bits per heavy atom. The van der Waals surface area contributed by atoms with Gasteiger partial charge in [-0.05, 0) is 50.7 Å². The molecular formula is C21H23F2N3OS. The van der Waals surface area contributed by atoms with E-state index in [9.17, 15) is 13.6 Å². The zero-order valence-corrected chi connectivity index (χ0v) is 16.9. The predicted molar refractivity (Wildman–Crippen MR) is 108 cm³/mol. The molecule has 0 bridgehead atoms. The second-order valence-corrected chi connectivity index (χ2v) is 8.84. The summed E-state index contributed by atoms with van der Waals surface area (Å²) in [7, 11) is 0. The fourth-order valence-electron chi connectivity index (χ4n) is 3.97. The van der Waals surface area contributed by atoms with Gasteiger partial charge in [0.2, 0.25) is 0 Å². The van der Waals surface area contributed by atoms with Crippen molar-refractivity contribution in [2.75, 3.05) is 0 Å². The maximum atomic E-state index is 14.0. The van der Waals surface area contributed by atoms with Crippen LogP contribution < -0.4 is 10.9 Å². The number of hydrogen-bond acceptors (Lipinski definition) is 4. The molecule has 2 N–H and O–H groups in total. The van der Waals surface area contributed by atoms with Gasteiger partial charge < -0.3 is 10.3 Å². The third-order valence-corrected chi connectivity index (χ3v) is 6.67. The SMILES string of the molecule is C[C@H]1CCc2c(sc3nc([C@H](C)N[C@@H](C)c4ccc(F)cc4F)[nH]c(=O)c23)C1. The Morgan fingerprint density at radius 2 is 2.07 bits per heavy atom. The molecule has 3 atom stereocenters. The molecule has 0 amide bonds. The van der Waals surface area contributed by atoms with Crippen molar-refractivity contribution < 1.29 is 8.78 Å². The molecule has 148 valence electrons. The third kappa shape index (κ3) is 3.49. The van der Waals surface area contributed by atoms with Crippen LogP contribution in [-0.2, 0) is 12.8 Å². The van der Waals surface area contributed by atoms with Crippen molar-refractivity contribution in [3.05, 3.63) is 62.0 Å². The first kappa shape index (κ1) is 19.2. The highest BCUT2D eigenvalue weighted by molar-refractivity contribution is 7.18. The summed E-state index contributed by atoms with van der Waals surface area (Å²) in [6.45, 7) is 5.91.